The lowest BCUT2D eigenvalue weighted by Gasteiger charge is -2.67. The van der Waals surface area contributed by atoms with Crippen LogP contribution in [0.1, 0.15) is 64.2 Å². The lowest BCUT2D eigenvalue weighted by molar-refractivity contribution is -0.346. The van der Waals surface area contributed by atoms with Crippen LogP contribution in [0.15, 0.2) is 41.5 Å². The number of benzene rings is 1. The Morgan fingerprint density at radius 3 is 2.42 bits per heavy atom. The third-order valence-electron chi connectivity index (χ3n) is 10.2. The van der Waals surface area contributed by atoms with Gasteiger partial charge in [0.15, 0.2) is 5.60 Å². The van der Waals surface area contributed by atoms with Crippen molar-refractivity contribution in [3.8, 4) is 0 Å². The molecule has 0 aromatic heterocycles. The molecule has 218 valence electrons. The molecule has 1 heterocycles. The van der Waals surface area contributed by atoms with E-state index in [4.69, 9.17) is 18.9 Å². The minimum absolute atomic E-state index is 0.0121. The maximum absolute atomic E-state index is 14.5. The summed E-state index contributed by atoms with van der Waals surface area (Å²) in [5.74, 6) is -2.56. The van der Waals surface area contributed by atoms with E-state index >= 15 is 0 Å². The maximum Gasteiger partial charge on any atom is 0.338 e. The smallest absolute Gasteiger partial charge is 0.338 e. The molecule has 3 fully saturated rings. The molecule has 1 saturated heterocycles. The molecule has 2 bridgehead atoms. The fraction of sp³-hybridized carbons (Fsp3) is 0.633. The van der Waals surface area contributed by atoms with Gasteiger partial charge in [0.05, 0.1) is 41.7 Å². The molecule has 8 atom stereocenters. The lowest BCUT2D eigenvalue weighted by Crippen LogP contribution is -2.81. The first-order chi connectivity index (χ1) is 18.7. The number of ether oxygens (including phenoxy) is 4. The van der Waals surface area contributed by atoms with Crippen molar-refractivity contribution in [3.63, 3.8) is 0 Å². The largest absolute Gasteiger partial charge is 0.455 e. The topological polar surface area (TPSA) is 129 Å². The highest BCUT2D eigenvalue weighted by atomic mass is 32.1. The van der Waals surface area contributed by atoms with E-state index < -0.39 is 64.3 Å². The van der Waals surface area contributed by atoms with E-state index in [9.17, 15) is 24.6 Å². The van der Waals surface area contributed by atoms with Crippen molar-refractivity contribution in [2.45, 2.75) is 89.5 Å². The fourth-order valence-electron chi connectivity index (χ4n) is 7.79. The monoisotopic (exact) mass is 574 g/mol. The van der Waals surface area contributed by atoms with Crippen LogP contribution in [-0.4, -0.2) is 76.1 Å². The number of hydrogen-bond acceptors (Lipinski definition) is 10. The van der Waals surface area contributed by atoms with Gasteiger partial charge in [-0.3, -0.25) is 9.59 Å². The van der Waals surface area contributed by atoms with Crippen LogP contribution in [0, 0.1) is 16.7 Å². The number of fused-ring (bicyclic) bond motifs is 5. The van der Waals surface area contributed by atoms with Gasteiger partial charge in [0, 0.05) is 31.6 Å². The Kier molecular flexibility index (Phi) is 7.27. The van der Waals surface area contributed by atoms with Crippen molar-refractivity contribution >= 4 is 30.4 Å². The van der Waals surface area contributed by atoms with Crippen molar-refractivity contribution in [3.05, 3.63) is 47.0 Å². The van der Waals surface area contributed by atoms with E-state index in [1.165, 1.54) is 6.92 Å². The second-order valence-electron chi connectivity index (χ2n) is 12.4. The van der Waals surface area contributed by atoms with Crippen LogP contribution < -0.4 is 0 Å². The summed E-state index contributed by atoms with van der Waals surface area (Å²) in [6.07, 6.45) is -3.82. The van der Waals surface area contributed by atoms with Gasteiger partial charge in [0.25, 0.3) is 0 Å². The van der Waals surface area contributed by atoms with E-state index in [1.807, 2.05) is 0 Å². The highest BCUT2D eigenvalue weighted by Gasteiger charge is 2.77. The standard InChI is InChI=1S/C30H38O9S/c1-16-19-11-21(33)28(5)22(37-15-40)12-23-29(14-36-23,39-17(2)31)24(28)25(30(35,13-20(16)32)27(19,3)4)38-26(34)18-9-7-6-8-10-18/h6-10,20,22-25,32,35,40H,11-15H2,1-5H3/t20-,22-,23+,24?,25-,28+,29-,30+/m0/s1. The third kappa shape index (κ3) is 4.01. The van der Waals surface area contributed by atoms with Gasteiger partial charge < -0.3 is 29.2 Å². The van der Waals surface area contributed by atoms with Crippen LogP contribution in [0.25, 0.3) is 0 Å². The molecule has 1 aliphatic heterocycles. The molecule has 0 radical (unpaired) electrons. The molecule has 5 rings (SSSR count). The van der Waals surface area contributed by atoms with E-state index in [2.05, 4.69) is 12.6 Å². The molecule has 2 N–H and O–H groups in total. The molecular formula is C30H38O9S. The first-order valence-corrected chi connectivity index (χ1v) is 14.3. The predicted octanol–water partition coefficient (Wildman–Crippen LogP) is 3.02. The van der Waals surface area contributed by atoms with Crippen molar-refractivity contribution < 1.29 is 43.5 Å². The van der Waals surface area contributed by atoms with Crippen molar-refractivity contribution in [1.82, 2.24) is 0 Å². The summed E-state index contributed by atoms with van der Waals surface area (Å²) >= 11 is 4.27. The highest BCUT2D eigenvalue weighted by molar-refractivity contribution is 7.80. The first-order valence-electron chi connectivity index (χ1n) is 13.7. The summed E-state index contributed by atoms with van der Waals surface area (Å²) in [6.45, 7) is 8.34. The van der Waals surface area contributed by atoms with Gasteiger partial charge in [-0.2, -0.15) is 12.6 Å². The number of thiol groups is 1. The first kappa shape index (κ1) is 29.3. The molecule has 2 saturated carbocycles. The molecule has 3 aliphatic carbocycles. The Hall–Kier alpha value is -2.24. The molecule has 10 heteroatoms. The van der Waals surface area contributed by atoms with Crippen molar-refractivity contribution in [2.24, 2.45) is 16.7 Å². The molecule has 1 unspecified atom stereocenters. The second-order valence-corrected chi connectivity index (χ2v) is 12.6. The zero-order chi connectivity index (χ0) is 29.3. The Morgan fingerprint density at radius 1 is 1.18 bits per heavy atom. The quantitative estimate of drug-likeness (QED) is 0.210. The van der Waals surface area contributed by atoms with Gasteiger partial charge in [-0.1, -0.05) is 37.6 Å². The SMILES string of the molecule is CC(=O)O[C@@]12CO[C@@H]1C[C@H](OCS)[C@@]1(C)C(=O)CC3=C(C)[C@@H](O)C[C@@](O)([C@@H](OC(=O)c4ccccc4)C12)C3(C)C. The summed E-state index contributed by atoms with van der Waals surface area (Å²) in [7, 11) is 0. The Balaban J connectivity index is 1.80. The molecule has 1 aromatic carbocycles. The molecule has 1 aromatic rings. The summed E-state index contributed by atoms with van der Waals surface area (Å²) in [5.41, 5.74) is -4.24. The predicted molar refractivity (Wildman–Crippen MR) is 147 cm³/mol. The number of hydrogen-bond donors (Lipinski definition) is 3. The van der Waals surface area contributed by atoms with E-state index in [0.717, 1.165) is 0 Å². The zero-order valence-electron chi connectivity index (χ0n) is 23.5. The van der Waals surface area contributed by atoms with Crippen LogP contribution in [0.4, 0.5) is 0 Å². The second kappa shape index (κ2) is 9.94. The van der Waals surface area contributed by atoms with Gasteiger partial charge in [-0.25, -0.2) is 4.79 Å². The number of carbonyl (C=O) groups excluding carboxylic acids is 3. The summed E-state index contributed by atoms with van der Waals surface area (Å²) < 4.78 is 24.3. The van der Waals surface area contributed by atoms with Crippen molar-refractivity contribution in [2.75, 3.05) is 12.5 Å². The highest BCUT2D eigenvalue weighted by Crippen LogP contribution is 2.64. The number of esters is 2. The van der Waals surface area contributed by atoms with Gasteiger partial charge in [-0.15, -0.1) is 0 Å². The number of carbonyl (C=O) groups is 3. The minimum atomic E-state index is -1.85. The van der Waals surface area contributed by atoms with Gasteiger partial charge in [0.2, 0.25) is 0 Å². The van der Waals surface area contributed by atoms with E-state index in [-0.39, 0.29) is 43.2 Å². The van der Waals surface area contributed by atoms with Crippen LogP contribution in [0.3, 0.4) is 0 Å². The van der Waals surface area contributed by atoms with E-state index in [0.29, 0.717) is 11.1 Å². The summed E-state index contributed by atoms with van der Waals surface area (Å²) in [6, 6.07) is 8.36. The molecular weight excluding hydrogens is 536 g/mol. The number of aliphatic hydroxyl groups is 2. The van der Waals surface area contributed by atoms with Gasteiger partial charge >= 0.3 is 11.9 Å². The van der Waals surface area contributed by atoms with Crippen LogP contribution >= 0.6 is 12.6 Å². The van der Waals surface area contributed by atoms with Crippen LogP contribution in [0.5, 0.6) is 0 Å². The number of Topliss-reactive ketones (excluding diaryl/α,β-unsaturated/α-hetero) is 1. The molecule has 0 amide bonds. The number of ketones is 1. The zero-order valence-corrected chi connectivity index (χ0v) is 24.4. The fourth-order valence-corrected chi connectivity index (χ4v) is 7.97. The Morgan fingerprint density at radius 2 is 1.85 bits per heavy atom. The molecule has 0 spiro atoms. The van der Waals surface area contributed by atoms with Gasteiger partial charge in [-0.05, 0) is 31.6 Å². The average molecular weight is 575 g/mol. The Bertz CT molecular complexity index is 1240. The van der Waals surface area contributed by atoms with Gasteiger partial charge in [0.1, 0.15) is 23.6 Å². The number of rotatable bonds is 5. The maximum atomic E-state index is 14.5. The van der Waals surface area contributed by atoms with Crippen molar-refractivity contribution in [1.29, 1.82) is 0 Å². The minimum Gasteiger partial charge on any atom is -0.455 e. The lowest BCUT2D eigenvalue weighted by atomic mass is 9.45. The summed E-state index contributed by atoms with van der Waals surface area (Å²) in [5, 5.41) is 24.0. The van der Waals surface area contributed by atoms with E-state index in [1.54, 1.807) is 58.0 Å². The Labute approximate surface area is 239 Å². The normalized spacial score (nSPS) is 40.1. The van der Waals surface area contributed by atoms with Crippen LogP contribution in [0.2, 0.25) is 0 Å². The molecule has 40 heavy (non-hydrogen) atoms. The van der Waals surface area contributed by atoms with Crippen LogP contribution in [-0.2, 0) is 28.5 Å². The summed E-state index contributed by atoms with van der Waals surface area (Å²) in [4.78, 5) is 40.8. The number of aliphatic hydroxyl groups excluding tert-OH is 1. The third-order valence-corrected chi connectivity index (χ3v) is 10.4. The molecule has 4 aliphatic rings. The molecule has 9 nitrogen and oxygen atoms in total. The average Bonchev–Trinajstić information content (AvgIpc) is 2.89.